The number of alkyl halides is 3. The van der Waals surface area contributed by atoms with Crippen LogP contribution in [0, 0.1) is 16.7 Å². The average molecular weight is 617 g/mol. The smallest absolute Gasteiger partial charge is 0.394 e. The summed E-state index contributed by atoms with van der Waals surface area (Å²) in [6.45, 7) is 3.25. The lowest BCUT2D eigenvalue weighted by molar-refractivity contribution is -0.175. The molecule has 1 aliphatic heterocycles. The molecular formula is C29H31F3N6O6. The molecule has 4 N–H and O–H groups in total. The van der Waals surface area contributed by atoms with Crippen LogP contribution in [0.3, 0.4) is 0 Å². The summed E-state index contributed by atoms with van der Waals surface area (Å²) in [5.41, 5.74) is 5.27. The van der Waals surface area contributed by atoms with Gasteiger partial charge in [-0.15, -0.1) is 9.78 Å². The zero-order chi connectivity index (χ0) is 32.6. The number of nitrogens with zero attached hydrogens (tertiary/aromatic N) is 4. The Morgan fingerprint density at radius 2 is 1.73 bits per heavy atom. The first kappa shape index (κ1) is 32.0. The van der Waals surface area contributed by atoms with Gasteiger partial charge in [0, 0.05) is 17.5 Å². The van der Waals surface area contributed by atoms with Crippen LogP contribution in [0.15, 0.2) is 48.5 Å². The minimum atomic E-state index is -4.94. The van der Waals surface area contributed by atoms with E-state index in [1.54, 1.807) is 30.3 Å². The van der Waals surface area contributed by atoms with Gasteiger partial charge in [-0.05, 0) is 17.7 Å². The molecule has 0 aliphatic carbocycles. The molecule has 4 rings (SSSR count). The van der Waals surface area contributed by atoms with Gasteiger partial charge in [0.25, 0.3) is 5.91 Å². The minimum Gasteiger partial charge on any atom is -0.496 e. The second-order valence-corrected chi connectivity index (χ2v) is 11.2. The summed E-state index contributed by atoms with van der Waals surface area (Å²) in [5, 5.41) is 21.7. The van der Waals surface area contributed by atoms with Crippen molar-refractivity contribution in [2.24, 2.45) is 17.1 Å². The zero-order valence-corrected chi connectivity index (χ0v) is 24.3. The fourth-order valence-corrected chi connectivity index (χ4v) is 4.95. The van der Waals surface area contributed by atoms with E-state index in [-0.39, 0.29) is 23.8 Å². The molecule has 0 spiro atoms. The van der Waals surface area contributed by atoms with Crippen molar-refractivity contribution in [1.82, 2.24) is 19.7 Å². The van der Waals surface area contributed by atoms with E-state index in [1.165, 1.54) is 46.1 Å². The Kier molecular flexibility index (Phi) is 8.70. The third kappa shape index (κ3) is 6.35. The van der Waals surface area contributed by atoms with Crippen LogP contribution < -0.4 is 15.2 Å². The highest BCUT2D eigenvalue weighted by Crippen LogP contribution is 2.47. The van der Waals surface area contributed by atoms with Gasteiger partial charge in [-0.2, -0.15) is 18.2 Å². The van der Waals surface area contributed by atoms with E-state index < -0.39 is 65.6 Å². The molecule has 15 heteroatoms. The van der Waals surface area contributed by atoms with Gasteiger partial charge in [0.05, 0.1) is 24.5 Å². The summed E-state index contributed by atoms with van der Waals surface area (Å²) < 4.78 is 54.9. The molecule has 0 bridgehead atoms. The van der Waals surface area contributed by atoms with Gasteiger partial charge >= 0.3 is 18.2 Å². The molecule has 3 atom stereocenters. The standard InChI is InChI=1S/C29H31F3N6O6/c1-28(2,3)26(42)37-13-18(29(30,31)32)20(21(37)25(40)41)23-35-27(44-14-15-9-11-16(12-10-15)22(33)34)38(36-23)24(39)17-7-5-6-8-19(17)43-4/h5-12,18,20-21H,13-14H2,1-4H3,(H3,33,34)(H,40,41). The molecule has 1 amide bonds. The van der Waals surface area contributed by atoms with E-state index in [4.69, 9.17) is 20.6 Å². The molecule has 12 nitrogen and oxygen atoms in total. The number of carboxylic acid groups (broad SMARTS) is 1. The predicted molar refractivity (Wildman–Crippen MR) is 149 cm³/mol. The number of nitrogen functional groups attached to an aromatic ring is 1. The molecule has 44 heavy (non-hydrogen) atoms. The summed E-state index contributed by atoms with van der Waals surface area (Å²) in [5.74, 6) is -8.29. The number of carbonyl (C=O) groups excluding carboxylic acids is 2. The van der Waals surface area contributed by atoms with Crippen molar-refractivity contribution in [2.75, 3.05) is 13.7 Å². The first-order chi connectivity index (χ1) is 20.5. The molecule has 0 saturated carbocycles. The molecule has 2 heterocycles. The Bertz CT molecular complexity index is 1580. The molecule has 2 aromatic carbocycles. The monoisotopic (exact) mass is 616 g/mol. The van der Waals surface area contributed by atoms with Gasteiger partial charge in [-0.25, -0.2) is 4.79 Å². The van der Waals surface area contributed by atoms with Crippen molar-refractivity contribution in [1.29, 1.82) is 5.41 Å². The second kappa shape index (κ2) is 12.0. The Labute approximate surface area is 250 Å². The maximum Gasteiger partial charge on any atom is 0.394 e. The number of carbonyl (C=O) groups is 3. The number of likely N-dealkylation sites (tertiary alicyclic amines) is 1. The van der Waals surface area contributed by atoms with Crippen LogP contribution in [0.2, 0.25) is 0 Å². The number of halogens is 3. The van der Waals surface area contributed by atoms with Gasteiger partial charge in [0.2, 0.25) is 5.91 Å². The number of nitrogens with one attached hydrogen (secondary N) is 1. The molecule has 1 saturated heterocycles. The van der Waals surface area contributed by atoms with Crippen molar-refractivity contribution in [3.05, 3.63) is 71.0 Å². The van der Waals surface area contributed by atoms with Gasteiger partial charge in [-0.3, -0.25) is 15.0 Å². The summed E-state index contributed by atoms with van der Waals surface area (Å²) in [6, 6.07) is 9.87. The fraction of sp³-hybridized carbons (Fsp3) is 0.379. The molecule has 3 unspecified atom stereocenters. The highest BCUT2D eigenvalue weighted by molar-refractivity contribution is 5.98. The Hall–Kier alpha value is -4.95. The number of rotatable bonds is 8. The summed E-state index contributed by atoms with van der Waals surface area (Å²) in [4.78, 5) is 44.1. The van der Waals surface area contributed by atoms with E-state index in [9.17, 15) is 32.7 Å². The van der Waals surface area contributed by atoms with Gasteiger partial charge in [0.1, 0.15) is 24.2 Å². The van der Waals surface area contributed by atoms with Crippen molar-refractivity contribution in [3.63, 3.8) is 0 Å². The molecule has 3 aromatic rings. The number of carboxylic acids is 1. The lowest BCUT2D eigenvalue weighted by Gasteiger charge is -2.29. The van der Waals surface area contributed by atoms with Crippen LogP contribution in [-0.4, -0.2) is 74.3 Å². The summed E-state index contributed by atoms with van der Waals surface area (Å²) >= 11 is 0. The normalized spacial score (nSPS) is 18.6. The number of para-hydroxylation sites is 1. The predicted octanol–water partition coefficient (Wildman–Crippen LogP) is 3.44. The molecule has 1 aliphatic rings. The van der Waals surface area contributed by atoms with Gasteiger partial charge in [0.15, 0.2) is 5.82 Å². The van der Waals surface area contributed by atoms with Crippen molar-refractivity contribution in [3.8, 4) is 11.8 Å². The van der Waals surface area contributed by atoms with Crippen molar-refractivity contribution >= 4 is 23.6 Å². The van der Waals surface area contributed by atoms with Gasteiger partial charge < -0.3 is 25.2 Å². The first-order valence-corrected chi connectivity index (χ1v) is 13.4. The lowest BCUT2D eigenvalue weighted by atomic mass is 9.89. The molecular weight excluding hydrogens is 585 g/mol. The van der Waals surface area contributed by atoms with Crippen LogP contribution in [0.5, 0.6) is 11.8 Å². The highest BCUT2D eigenvalue weighted by atomic mass is 19.4. The Morgan fingerprint density at radius 1 is 1.09 bits per heavy atom. The number of hydrogen-bond donors (Lipinski definition) is 3. The SMILES string of the molecule is COc1ccccc1C(=O)n1nc(C2C(C(=O)O)N(C(=O)C(C)(C)C)CC2C(F)(F)F)nc1OCc1ccc(C(=N)N)cc1. The van der Waals surface area contributed by atoms with Crippen LogP contribution in [0.25, 0.3) is 0 Å². The topological polar surface area (TPSA) is 174 Å². The van der Waals surface area contributed by atoms with E-state index in [0.29, 0.717) is 20.7 Å². The Balaban J connectivity index is 1.83. The number of hydrogen-bond acceptors (Lipinski definition) is 8. The maximum atomic E-state index is 14.4. The van der Waals surface area contributed by atoms with E-state index in [0.717, 1.165) is 0 Å². The van der Waals surface area contributed by atoms with Gasteiger partial charge in [-0.1, -0.05) is 57.2 Å². The largest absolute Gasteiger partial charge is 0.496 e. The molecule has 0 radical (unpaired) electrons. The number of nitrogens with two attached hydrogens (primary N) is 1. The Morgan fingerprint density at radius 3 is 2.27 bits per heavy atom. The van der Waals surface area contributed by atoms with E-state index in [2.05, 4.69) is 10.1 Å². The number of aromatic nitrogens is 3. The number of methoxy groups -OCH3 is 1. The second-order valence-electron chi connectivity index (χ2n) is 11.2. The van der Waals surface area contributed by atoms with Crippen molar-refractivity contribution in [2.45, 2.75) is 45.5 Å². The number of amides is 1. The summed E-state index contributed by atoms with van der Waals surface area (Å²) in [6.07, 6.45) is -4.94. The van der Waals surface area contributed by atoms with Crippen LogP contribution in [-0.2, 0) is 16.2 Å². The minimum absolute atomic E-state index is 0.0137. The molecule has 1 fully saturated rings. The molecule has 234 valence electrons. The number of benzene rings is 2. The van der Waals surface area contributed by atoms with Crippen molar-refractivity contribution < 1.29 is 42.1 Å². The number of aliphatic carboxylic acids is 1. The number of amidine groups is 1. The van der Waals surface area contributed by atoms with Crippen LogP contribution in [0.1, 0.15) is 54.0 Å². The average Bonchev–Trinajstić information content (AvgIpc) is 3.57. The quantitative estimate of drug-likeness (QED) is 0.253. The van der Waals surface area contributed by atoms with Crippen LogP contribution in [0.4, 0.5) is 13.2 Å². The highest BCUT2D eigenvalue weighted by Gasteiger charge is 2.60. The first-order valence-electron chi connectivity index (χ1n) is 13.4. The maximum absolute atomic E-state index is 14.4. The third-order valence-electron chi connectivity index (χ3n) is 7.13. The lowest BCUT2D eigenvalue weighted by Crippen LogP contribution is -2.47. The van der Waals surface area contributed by atoms with E-state index >= 15 is 0 Å². The number of ether oxygens (including phenoxy) is 2. The van der Waals surface area contributed by atoms with Crippen LogP contribution >= 0.6 is 0 Å². The van der Waals surface area contributed by atoms with E-state index in [1.807, 2.05) is 0 Å². The fourth-order valence-electron chi connectivity index (χ4n) is 4.95. The third-order valence-corrected chi connectivity index (χ3v) is 7.13. The summed E-state index contributed by atoms with van der Waals surface area (Å²) in [7, 11) is 1.33. The molecule has 1 aromatic heterocycles. The zero-order valence-electron chi connectivity index (χ0n) is 24.3.